The van der Waals surface area contributed by atoms with Gasteiger partial charge in [-0.2, -0.15) is 5.10 Å². The van der Waals surface area contributed by atoms with E-state index in [9.17, 15) is 4.79 Å². The van der Waals surface area contributed by atoms with Crippen LogP contribution in [0, 0.1) is 13.8 Å². The molecule has 0 unspecified atom stereocenters. The lowest BCUT2D eigenvalue weighted by molar-refractivity contribution is 0.0952. The number of carbonyl (C=O) groups is 1. The smallest absolute Gasteiger partial charge is 0.251 e. The molecule has 1 N–H and O–H groups in total. The second-order valence-corrected chi connectivity index (χ2v) is 5.63. The maximum atomic E-state index is 12.1. The van der Waals surface area contributed by atoms with Gasteiger partial charge in [-0.3, -0.25) is 9.48 Å². The molecule has 1 aromatic carbocycles. The summed E-state index contributed by atoms with van der Waals surface area (Å²) in [6, 6.07) is 9.31. The summed E-state index contributed by atoms with van der Waals surface area (Å²) in [6.45, 7) is 8.22. The molecule has 1 heterocycles. The molecule has 0 aliphatic carbocycles. The summed E-state index contributed by atoms with van der Waals surface area (Å²) in [6.07, 6.45) is 1.82. The largest absolute Gasteiger partial charge is 0.494 e. The van der Waals surface area contributed by atoms with Crippen molar-refractivity contribution in [2.75, 3.05) is 13.2 Å². The van der Waals surface area contributed by atoms with Gasteiger partial charge < -0.3 is 10.1 Å². The molecule has 5 heteroatoms. The van der Waals surface area contributed by atoms with E-state index in [4.69, 9.17) is 4.74 Å². The molecular weight excluding hydrogens is 290 g/mol. The summed E-state index contributed by atoms with van der Waals surface area (Å²) in [5, 5.41) is 7.35. The first kappa shape index (κ1) is 17.1. The van der Waals surface area contributed by atoms with Crippen molar-refractivity contribution in [1.82, 2.24) is 15.1 Å². The van der Waals surface area contributed by atoms with Crippen molar-refractivity contribution in [3.63, 3.8) is 0 Å². The minimum absolute atomic E-state index is 0.0552. The maximum absolute atomic E-state index is 12.1. The number of rotatable bonds is 8. The molecule has 124 valence electrons. The van der Waals surface area contributed by atoms with Gasteiger partial charge in [-0.1, -0.05) is 6.92 Å². The minimum Gasteiger partial charge on any atom is -0.494 e. The number of aromatic nitrogens is 2. The lowest BCUT2D eigenvalue weighted by Crippen LogP contribution is -2.25. The number of amides is 1. The normalized spacial score (nSPS) is 10.6. The molecule has 5 nitrogen and oxygen atoms in total. The van der Waals surface area contributed by atoms with E-state index in [2.05, 4.69) is 23.4 Å². The van der Waals surface area contributed by atoms with Gasteiger partial charge in [0, 0.05) is 24.3 Å². The van der Waals surface area contributed by atoms with Gasteiger partial charge in [-0.05, 0) is 57.0 Å². The van der Waals surface area contributed by atoms with Crippen LogP contribution in [0.4, 0.5) is 0 Å². The quantitative estimate of drug-likeness (QED) is 0.762. The Balaban J connectivity index is 1.75. The molecule has 0 aliphatic heterocycles. The van der Waals surface area contributed by atoms with E-state index in [-0.39, 0.29) is 5.91 Å². The Hall–Kier alpha value is -2.30. The van der Waals surface area contributed by atoms with Crippen LogP contribution >= 0.6 is 0 Å². The van der Waals surface area contributed by atoms with E-state index >= 15 is 0 Å². The number of hydrogen-bond acceptors (Lipinski definition) is 3. The van der Waals surface area contributed by atoms with Crippen LogP contribution in [-0.2, 0) is 6.54 Å². The highest BCUT2D eigenvalue weighted by Gasteiger charge is 2.05. The van der Waals surface area contributed by atoms with Crippen LogP contribution < -0.4 is 10.1 Å². The van der Waals surface area contributed by atoms with Crippen LogP contribution in [0.2, 0.25) is 0 Å². The maximum Gasteiger partial charge on any atom is 0.251 e. The molecule has 0 fully saturated rings. The topological polar surface area (TPSA) is 56.1 Å². The van der Waals surface area contributed by atoms with Gasteiger partial charge in [0.25, 0.3) is 5.91 Å². The van der Waals surface area contributed by atoms with Gasteiger partial charge in [-0.15, -0.1) is 0 Å². The highest BCUT2D eigenvalue weighted by atomic mass is 16.5. The molecule has 0 spiro atoms. The predicted octanol–water partition coefficient (Wildman–Crippen LogP) is 3.11. The van der Waals surface area contributed by atoms with Crippen molar-refractivity contribution < 1.29 is 9.53 Å². The average molecular weight is 315 g/mol. The zero-order valence-corrected chi connectivity index (χ0v) is 14.1. The molecule has 0 saturated carbocycles. The monoisotopic (exact) mass is 315 g/mol. The first-order valence-electron chi connectivity index (χ1n) is 8.12. The van der Waals surface area contributed by atoms with Crippen LogP contribution in [0.5, 0.6) is 5.75 Å². The molecule has 0 atom stereocenters. The second kappa shape index (κ2) is 8.36. The zero-order chi connectivity index (χ0) is 16.7. The van der Waals surface area contributed by atoms with E-state index in [0.29, 0.717) is 18.7 Å². The van der Waals surface area contributed by atoms with Crippen LogP contribution in [0.3, 0.4) is 0 Å². The molecule has 2 aromatic rings. The van der Waals surface area contributed by atoms with Crippen LogP contribution in [-0.4, -0.2) is 28.8 Å². The Labute approximate surface area is 137 Å². The number of aryl methyl sites for hydroxylation is 3. The van der Waals surface area contributed by atoms with E-state index in [1.807, 2.05) is 30.7 Å². The Morgan fingerprint density at radius 1 is 1.26 bits per heavy atom. The molecule has 0 aliphatic rings. The van der Waals surface area contributed by atoms with Crippen LogP contribution in [0.1, 0.15) is 41.5 Å². The summed E-state index contributed by atoms with van der Waals surface area (Å²) in [7, 11) is 0. The molecule has 0 saturated heterocycles. The Bertz CT molecular complexity index is 632. The van der Waals surface area contributed by atoms with Gasteiger partial charge >= 0.3 is 0 Å². The highest BCUT2D eigenvalue weighted by molar-refractivity contribution is 5.94. The minimum atomic E-state index is -0.0552. The fourth-order valence-corrected chi connectivity index (χ4v) is 2.36. The summed E-state index contributed by atoms with van der Waals surface area (Å²) in [5.41, 5.74) is 2.83. The van der Waals surface area contributed by atoms with Crippen LogP contribution in [0.15, 0.2) is 30.3 Å². The molecular formula is C18H25N3O2. The first-order valence-corrected chi connectivity index (χ1v) is 8.12. The Morgan fingerprint density at radius 2 is 2.00 bits per heavy atom. The number of ether oxygens (including phenoxy) is 1. The molecule has 0 bridgehead atoms. The van der Waals surface area contributed by atoms with Crippen molar-refractivity contribution >= 4 is 5.91 Å². The van der Waals surface area contributed by atoms with Gasteiger partial charge in [-0.25, -0.2) is 0 Å². The number of benzene rings is 1. The first-order chi connectivity index (χ1) is 11.1. The highest BCUT2D eigenvalue weighted by Crippen LogP contribution is 2.12. The number of hydrogen-bond donors (Lipinski definition) is 1. The predicted molar refractivity (Wildman–Crippen MR) is 90.9 cm³/mol. The zero-order valence-electron chi connectivity index (χ0n) is 14.1. The number of carbonyl (C=O) groups excluding carboxylic acids is 1. The van der Waals surface area contributed by atoms with E-state index in [1.165, 1.54) is 0 Å². The number of nitrogens with one attached hydrogen (secondary N) is 1. The van der Waals surface area contributed by atoms with Crippen molar-refractivity contribution in [2.45, 2.75) is 40.2 Å². The fraction of sp³-hybridized carbons (Fsp3) is 0.444. The molecule has 23 heavy (non-hydrogen) atoms. The third-order valence-electron chi connectivity index (χ3n) is 3.52. The van der Waals surface area contributed by atoms with Gasteiger partial charge in [0.05, 0.1) is 12.3 Å². The van der Waals surface area contributed by atoms with Crippen molar-refractivity contribution in [1.29, 1.82) is 0 Å². The lowest BCUT2D eigenvalue weighted by Gasteiger charge is -2.08. The van der Waals surface area contributed by atoms with Crippen LogP contribution in [0.25, 0.3) is 0 Å². The van der Waals surface area contributed by atoms with Gasteiger partial charge in [0.1, 0.15) is 5.75 Å². The van der Waals surface area contributed by atoms with Crippen molar-refractivity contribution in [3.05, 3.63) is 47.3 Å². The molecule has 0 radical (unpaired) electrons. The van der Waals surface area contributed by atoms with E-state index < -0.39 is 0 Å². The summed E-state index contributed by atoms with van der Waals surface area (Å²) in [4.78, 5) is 12.1. The van der Waals surface area contributed by atoms with E-state index in [0.717, 1.165) is 36.5 Å². The molecule has 1 amide bonds. The Morgan fingerprint density at radius 3 is 2.61 bits per heavy atom. The molecule has 2 rings (SSSR count). The Kier molecular flexibility index (Phi) is 6.20. The standard InChI is InChI=1S/C18H25N3O2/c1-4-12-23-17-8-6-16(7-9-17)18(22)19-10-5-11-21-15(3)13-14(2)20-21/h6-9,13H,4-5,10-12H2,1-3H3,(H,19,22). The molecule has 1 aromatic heterocycles. The van der Waals surface area contributed by atoms with Gasteiger partial charge in [0.2, 0.25) is 0 Å². The van der Waals surface area contributed by atoms with Crippen molar-refractivity contribution in [3.8, 4) is 5.75 Å². The summed E-state index contributed by atoms with van der Waals surface area (Å²) < 4.78 is 7.48. The van der Waals surface area contributed by atoms with Gasteiger partial charge in [0.15, 0.2) is 0 Å². The third kappa shape index (κ3) is 5.13. The van der Waals surface area contributed by atoms with E-state index in [1.54, 1.807) is 12.1 Å². The van der Waals surface area contributed by atoms with Crippen molar-refractivity contribution in [2.24, 2.45) is 0 Å². The summed E-state index contributed by atoms with van der Waals surface area (Å²) >= 11 is 0. The fourth-order valence-electron chi connectivity index (χ4n) is 2.36. The number of nitrogens with zero attached hydrogens (tertiary/aromatic N) is 2. The second-order valence-electron chi connectivity index (χ2n) is 5.63. The average Bonchev–Trinajstić information content (AvgIpc) is 2.87. The lowest BCUT2D eigenvalue weighted by atomic mass is 10.2. The summed E-state index contributed by atoms with van der Waals surface area (Å²) in [5.74, 6) is 0.744. The third-order valence-corrected chi connectivity index (χ3v) is 3.52. The SMILES string of the molecule is CCCOc1ccc(C(=O)NCCCn2nc(C)cc2C)cc1.